The molecule has 32 heavy (non-hydrogen) atoms. The fraction of sp³-hybridized carbons (Fsp3) is 0.333. The van der Waals surface area contributed by atoms with Crippen LogP contribution in [0.25, 0.3) is 0 Å². The first-order valence-electron chi connectivity index (χ1n) is 10.5. The van der Waals surface area contributed by atoms with Crippen LogP contribution in [0, 0.1) is 5.82 Å². The maximum Gasteiger partial charge on any atom is 0.260 e. The maximum atomic E-state index is 13.3. The molecule has 1 aromatic heterocycles. The molecular formula is C24H24ClFN2O4. The molecule has 0 aliphatic carbocycles. The Morgan fingerprint density at radius 1 is 1.31 bits per heavy atom. The van der Waals surface area contributed by atoms with Crippen LogP contribution in [0.5, 0.6) is 11.5 Å². The lowest BCUT2D eigenvalue weighted by Gasteiger charge is -2.31. The topological polar surface area (TPSA) is 64.8 Å². The summed E-state index contributed by atoms with van der Waals surface area (Å²) in [5, 5.41) is -0.0409. The maximum absolute atomic E-state index is 13.3. The summed E-state index contributed by atoms with van der Waals surface area (Å²) in [4.78, 5) is 18.9. The molecule has 4 rings (SSSR count). The molecule has 1 aliphatic rings. The molecule has 6 nitrogen and oxygen atoms in total. The average Bonchev–Trinajstić information content (AvgIpc) is 3.28. The zero-order chi connectivity index (χ0) is 22.5. The Morgan fingerprint density at radius 3 is 2.97 bits per heavy atom. The van der Waals surface area contributed by atoms with E-state index in [1.165, 1.54) is 18.2 Å². The minimum absolute atomic E-state index is 0.0272. The number of oxazole rings is 1. The Bertz CT molecular complexity index is 1090. The van der Waals surface area contributed by atoms with E-state index in [0.717, 1.165) is 29.9 Å². The number of aromatic nitrogens is 1. The number of para-hydroxylation sites is 1. The van der Waals surface area contributed by atoms with Gasteiger partial charge in [0.2, 0.25) is 0 Å². The van der Waals surface area contributed by atoms with Gasteiger partial charge in [0.15, 0.2) is 12.5 Å². The van der Waals surface area contributed by atoms with Gasteiger partial charge in [-0.2, -0.15) is 0 Å². The Kier molecular flexibility index (Phi) is 6.95. The quantitative estimate of drug-likeness (QED) is 0.506. The van der Waals surface area contributed by atoms with Crippen LogP contribution in [0.15, 0.2) is 53.1 Å². The van der Waals surface area contributed by atoms with E-state index in [0.29, 0.717) is 31.2 Å². The van der Waals surface area contributed by atoms with Gasteiger partial charge in [-0.15, -0.1) is 0 Å². The highest BCUT2D eigenvalue weighted by atomic mass is 35.5. The summed E-state index contributed by atoms with van der Waals surface area (Å²) in [5.74, 6) is 1.91. The highest BCUT2D eigenvalue weighted by Gasteiger charge is 2.28. The van der Waals surface area contributed by atoms with Crippen LogP contribution in [-0.2, 0) is 11.2 Å². The van der Waals surface area contributed by atoms with Crippen LogP contribution >= 0.6 is 11.6 Å². The van der Waals surface area contributed by atoms with Crippen LogP contribution in [0.2, 0.25) is 5.02 Å². The number of rotatable bonds is 7. The van der Waals surface area contributed by atoms with Crippen molar-refractivity contribution in [2.24, 2.45) is 0 Å². The number of hydrogen-bond acceptors (Lipinski definition) is 5. The predicted molar refractivity (Wildman–Crippen MR) is 118 cm³/mol. The van der Waals surface area contributed by atoms with Gasteiger partial charge < -0.3 is 18.8 Å². The first-order valence-corrected chi connectivity index (χ1v) is 10.8. The van der Waals surface area contributed by atoms with Gasteiger partial charge in [-0.3, -0.25) is 4.79 Å². The number of nitrogens with zero attached hydrogens (tertiary/aromatic N) is 2. The zero-order valence-corrected chi connectivity index (χ0v) is 18.5. The zero-order valence-electron chi connectivity index (χ0n) is 17.7. The van der Waals surface area contributed by atoms with Crippen molar-refractivity contribution >= 4 is 17.5 Å². The standard InChI is InChI=1S/C24H24ClFN2O4/c1-30-22-7-3-2-5-16(22)11-19-13-27-24(32-19)17-6-4-10-28(14-17)23(29)15-31-18-8-9-21(26)20(25)12-18/h2-3,5,7-9,12-13,17H,4,6,10-11,14-15H2,1H3. The molecule has 1 saturated heterocycles. The van der Waals surface area contributed by atoms with Gasteiger partial charge >= 0.3 is 0 Å². The van der Waals surface area contributed by atoms with Crippen molar-refractivity contribution in [2.75, 3.05) is 26.8 Å². The lowest BCUT2D eigenvalue weighted by atomic mass is 9.98. The van der Waals surface area contributed by atoms with Crippen molar-refractivity contribution in [1.82, 2.24) is 9.88 Å². The average molecular weight is 459 g/mol. The summed E-state index contributed by atoms with van der Waals surface area (Å²) < 4.78 is 30.2. The summed E-state index contributed by atoms with van der Waals surface area (Å²) in [6, 6.07) is 11.8. The second-order valence-corrected chi connectivity index (χ2v) is 8.10. The number of amides is 1. The second-order valence-electron chi connectivity index (χ2n) is 7.70. The van der Waals surface area contributed by atoms with Crippen molar-refractivity contribution in [3.8, 4) is 11.5 Å². The van der Waals surface area contributed by atoms with Crippen molar-refractivity contribution in [2.45, 2.75) is 25.2 Å². The molecule has 0 radical (unpaired) electrons. The SMILES string of the molecule is COc1ccccc1Cc1cnc(C2CCCN(C(=O)COc3ccc(F)c(Cl)c3)C2)o1. The molecule has 1 aliphatic heterocycles. The molecule has 0 saturated carbocycles. The number of likely N-dealkylation sites (tertiary alicyclic amines) is 1. The molecule has 1 fully saturated rings. The number of halogens is 2. The number of piperidine rings is 1. The number of carbonyl (C=O) groups excluding carboxylic acids is 1. The molecule has 8 heteroatoms. The highest BCUT2D eigenvalue weighted by molar-refractivity contribution is 6.30. The summed E-state index contributed by atoms with van der Waals surface area (Å²) in [6.45, 7) is 1.03. The van der Waals surface area contributed by atoms with Gasteiger partial charge in [0, 0.05) is 31.1 Å². The normalized spacial score (nSPS) is 16.1. The third kappa shape index (κ3) is 5.22. The molecule has 1 atom stereocenters. The monoisotopic (exact) mass is 458 g/mol. The summed E-state index contributed by atoms with van der Waals surface area (Å²) in [6.07, 6.45) is 4.07. The number of hydrogen-bond donors (Lipinski definition) is 0. The van der Waals surface area contributed by atoms with E-state index in [1.807, 2.05) is 24.3 Å². The van der Waals surface area contributed by atoms with Crippen molar-refractivity contribution in [1.29, 1.82) is 0 Å². The molecule has 0 bridgehead atoms. The van der Waals surface area contributed by atoms with Crippen LogP contribution in [0.4, 0.5) is 4.39 Å². The fourth-order valence-electron chi connectivity index (χ4n) is 3.84. The number of benzene rings is 2. The summed E-state index contributed by atoms with van der Waals surface area (Å²) in [5.41, 5.74) is 1.02. The first-order chi connectivity index (χ1) is 15.5. The third-order valence-corrected chi connectivity index (χ3v) is 5.80. The Balaban J connectivity index is 1.35. The van der Waals surface area contributed by atoms with Crippen molar-refractivity contribution in [3.05, 3.63) is 76.7 Å². The van der Waals surface area contributed by atoms with E-state index in [-0.39, 0.29) is 23.5 Å². The minimum atomic E-state index is -0.528. The van der Waals surface area contributed by atoms with E-state index in [9.17, 15) is 9.18 Å². The van der Waals surface area contributed by atoms with Crippen molar-refractivity contribution in [3.63, 3.8) is 0 Å². The van der Waals surface area contributed by atoms with Gasteiger partial charge in [0.05, 0.1) is 24.2 Å². The van der Waals surface area contributed by atoms with Gasteiger partial charge in [-0.1, -0.05) is 29.8 Å². The molecule has 2 aromatic carbocycles. The number of carbonyl (C=O) groups is 1. The van der Waals surface area contributed by atoms with Gasteiger partial charge in [-0.25, -0.2) is 9.37 Å². The van der Waals surface area contributed by atoms with Gasteiger partial charge in [0.1, 0.15) is 23.1 Å². The Hall–Kier alpha value is -3.06. The molecule has 0 N–H and O–H groups in total. The second kappa shape index (κ2) is 10.0. The van der Waals surface area contributed by atoms with E-state index in [1.54, 1.807) is 18.2 Å². The Labute approximate surface area is 190 Å². The summed E-state index contributed by atoms with van der Waals surface area (Å²) >= 11 is 5.76. The Morgan fingerprint density at radius 2 is 2.16 bits per heavy atom. The smallest absolute Gasteiger partial charge is 0.260 e. The summed E-state index contributed by atoms with van der Waals surface area (Å²) in [7, 11) is 1.65. The lowest BCUT2D eigenvalue weighted by molar-refractivity contribution is -0.134. The molecule has 0 spiro atoms. The largest absolute Gasteiger partial charge is 0.496 e. The van der Waals surface area contributed by atoms with Crippen LogP contribution in [-0.4, -0.2) is 42.6 Å². The van der Waals surface area contributed by atoms with E-state index < -0.39 is 5.82 Å². The first kappa shape index (κ1) is 22.1. The van der Waals surface area contributed by atoms with E-state index in [4.69, 9.17) is 25.5 Å². The van der Waals surface area contributed by atoms with Crippen LogP contribution in [0.1, 0.15) is 36.0 Å². The molecule has 1 unspecified atom stereocenters. The number of methoxy groups -OCH3 is 1. The lowest BCUT2D eigenvalue weighted by Crippen LogP contribution is -2.41. The third-order valence-electron chi connectivity index (χ3n) is 5.51. The molecular weight excluding hydrogens is 435 g/mol. The fourth-order valence-corrected chi connectivity index (χ4v) is 4.01. The minimum Gasteiger partial charge on any atom is -0.496 e. The van der Waals surface area contributed by atoms with Crippen LogP contribution < -0.4 is 9.47 Å². The highest BCUT2D eigenvalue weighted by Crippen LogP contribution is 2.29. The van der Waals surface area contributed by atoms with E-state index >= 15 is 0 Å². The molecule has 3 aromatic rings. The molecule has 1 amide bonds. The molecule has 168 valence electrons. The predicted octanol–water partition coefficient (Wildman–Crippen LogP) is 4.85. The van der Waals surface area contributed by atoms with E-state index in [2.05, 4.69) is 4.98 Å². The van der Waals surface area contributed by atoms with Gasteiger partial charge in [-0.05, 0) is 31.0 Å². The number of ether oxygens (including phenoxy) is 2. The van der Waals surface area contributed by atoms with Crippen LogP contribution in [0.3, 0.4) is 0 Å². The molecule has 2 heterocycles. The van der Waals surface area contributed by atoms with Crippen molar-refractivity contribution < 1.29 is 23.1 Å². The van der Waals surface area contributed by atoms with Gasteiger partial charge in [0.25, 0.3) is 5.91 Å².